The van der Waals surface area contributed by atoms with E-state index < -0.39 is 0 Å². The number of hydrogen-bond donors (Lipinski definition) is 0. The molecule has 10 rings (SSSR count). The van der Waals surface area contributed by atoms with Crippen molar-refractivity contribution in [3.8, 4) is 45.2 Å². The van der Waals surface area contributed by atoms with E-state index in [1.165, 1.54) is 20.2 Å². The van der Waals surface area contributed by atoms with Crippen LogP contribution >= 0.6 is 11.3 Å². The van der Waals surface area contributed by atoms with Gasteiger partial charge in [-0.25, -0.2) is 19.9 Å². The van der Waals surface area contributed by atoms with Crippen molar-refractivity contribution >= 4 is 64.2 Å². The van der Waals surface area contributed by atoms with E-state index in [-0.39, 0.29) is 0 Å². The summed E-state index contributed by atoms with van der Waals surface area (Å²) in [5.41, 5.74) is 9.44. The van der Waals surface area contributed by atoms with Gasteiger partial charge in [-0.2, -0.15) is 0 Å². The minimum Gasteiger partial charge on any atom is -0.245 e. The summed E-state index contributed by atoms with van der Waals surface area (Å²) in [4.78, 5) is 20.8. The normalized spacial score (nSPS) is 11.7. The number of para-hydroxylation sites is 1. The monoisotopic (exact) mass is 642 g/mol. The summed E-state index contributed by atoms with van der Waals surface area (Å²) in [6.07, 6.45) is 0. The summed E-state index contributed by atoms with van der Waals surface area (Å²) >= 11 is 1.82. The number of rotatable bonds is 4. The van der Waals surface area contributed by atoms with E-state index in [1.807, 2.05) is 41.7 Å². The Hall–Kier alpha value is -6.30. The summed E-state index contributed by atoms with van der Waals surface area (Å²) in [6, 6.07) is 54.8. The van der Waals surface area contributed by atoms with Crippen molar-refractivity contribution in [1.82, 2.24) is 19.9 Å². The molecule has 0 amide bonds. The molecule has 6 aromatic carbocycles. The Morgan fingerprint density at radius 3 is 1.86 bits per heavy atom. The van der Waals surface area contributed by atoms with E-state index in [1.54, 1.807) is 0 Å². The Labute approximate surface area is 286 Å². The van der Waals surface area contributed by atoms with Crippen molar-refractivity contribution in [2.75, 3.05) is 0 Å². The molecule has 0 radical (unpaired) electrons. The molecule has 0 unspecified atom stereocenters. The standard InChI is InChI=1S/C44H26N4S/c1-2-10-27(11-3-1)36-24-21-28-18-19-29-22-25-38(46-43(29)42(28)45-36)31-12-4-5-14-34(31)44-47-37-16-8-6-15-35(37)41(48-44)30-20-23-33-32-13-7-9-17-39(32)49-40(33)26-30/h1-26H. The molecule has 0 N–H and O–H groups in total. The number of pyridine rings is 2. The average Bonchev–Trinajstić information content (AvgIpc) is 3.55. The summed E-state index contributed by atoms with van der Waals surface area (Å²) in [5.74, 6) is 0.671. The first-order valence-corrected chi connectivity index (χ1v) is 17.1. The maximum Gasteiger partial charge on any atom is 0.161 e. The second kappa shape index (κ2) is 11.2. The second-order valence-electron chi connectivity index (χ2n) is 12.2. The molecule has 4 heterocycles. The van der Waals surface area contributed by atoms with Crippen LogP contribution in [0.4, 0.5) is 0 Å². The third-order valence-corrected chi connectivity index (χ3v) is 10.4. The molecule has 0 aliphatic rings. The fraction of sp³-hybridized carbons (Fsp3) is 0. The van der Waals surface area contributed by atoms with Crippen LogP contribution in [0.3, 0.4) is 0 Å². The molecule has 0 saturated heterocycles. The Bertz CT molecular complexity index is 2890. The molecule has 5 heteroatoms. The first kappa shape index (κ1) is 27.8. The molecule has 4 aromatic heterocycles. The number of benzene rings is 6. The third kappa shape index (κ3) is 4.66. The quantitative estimate of drug-likeness (QED) is 0.179. The molecule has 0 spiro atoms. The van der Waals surface area contributed by atoms with E-state index in [2.05, 4.69) is 127 Å². The lowest BCUT2D eigenvalue weighted by Crippen LogP contribution is -1.97. The first-order valence-electron chi connectivity index (χ1n) is 16.3. The van der Waals surface area contributed by atoms with Crippen LogP contribution in [0.25, 0.3) is 98.0 Å². The summed E-state index contributed by atoms with van der Waals surface area (Å²) in [6.45, 7) is 0. The lowest BCUT2D eigenvalue weighted by molar-refractivity contribution is 1.23. The zero-order chi connectivity index (χ0) is 32.3. The molecule has 10 aromatic rings. The van der Waals surface area contributed by atoms with Crippen molar-refractivity contribution < 1.29 is 0 Å². The predicted octanol–water partition coefficient (Wildman–Crippen LogP) is 11.8. The Kier molecular flexibility index (Phi) is 6.32. The highest BCUT2D eigenvalue weighted by atomic mass is 32.1. The van der Waals surface area contributed by atoms with Crippen molar-refractivity contribution in [2.24, 2.45) is 0 Å². The molecule has 0 aliphatic carbocycles. The van der Waals surface area contributed by atoms with E-state index >= 15 is 0 Å². The second-order valence-corrected chi connectivity index (χ2v) is 13.3. The van der Waals surface area contributed by atoms with Gasteiger partial charge >= 0.3 is 0 Å². The van der Waals surface area contributed by atoms with Gasteiger partial charge in [0, 0.05) is 58.6 Å². The largest absolute Gasteiger partial charge is 0.245 e. The number of thiophene rings is 1. The van der Waals surface area contributed by atoms with Gasteiger partial charge in [-0.1, -0.05) is 127 Å². The van der Waals surface area contributed by atoms with E-state index in [0.717, 1.165) is 72.0 Å². The van der Waals surface area contributed by atoms with Crippen LogP contribution in [0, 0.1) is 0 Å². The summed E-state index contributed by atoms with van der Waals surface area (Å²) < 4.78 is 2.54. The lowest BCUT2D eigenvalue weighted by atomic mass is 10.0. The van der Waals surface area contributed by atoms with Crippen LogP contribution < -0.4 is 0 Å². The Morgan fingerprint density at radius 1 is 0.388 bits per heavy atom. The zero-order valence-corrected chi connectivity index (χ0v) is 27.0. The van der Waals surface area contributed by atoms with Gasteiger partial charge in [0.1, 0.15) is 0 Å². The van der Waals surface area contributed by atoms with Crippen LogP contribution in [0.5, 0.6) is 0 Å². The van der Waals surface area contributed by atoms with Gasteiger partial charge in [-0.15, -0.1) is 11.3 Å². The third-order valence-electron chi connectivity index (χ3n) is 9.29. The number of hydrogen-bond acceptors (Lipinski definition) is 5. The van der Waals surface area contributed by atoms with Crippen LogP contribution in [0.15, 0.2) is 158 Å². The first-order chi connectivity index (χ1) is 24.3. The molecular weight excluding hydrogens is 617 g/mol. The molecule has 0 atom stereocenters. The molecular formula is C44H26N4S. The van der Waals surface area contributed by atoms with Gasteiger partial charge < -0.3 is 0 Å². The average molecular weight is 643 g/mol. The van der Waals surface area contributed by atoms with Crippen molar-refractivity contribution in [2.45, 2.75) is 0 Å². The van der Waals surface area contributed by atoms with Crippen molar-refractivity contribution in [3.05, 3.63) is 158 Å². The number of aromatic nitrogens is 4. The molecule has 0 saturated carbocycles. The van der Waals surface area contributed by atoms with Crippen molar-refractivity contribution in [1.29, 1.82) is 0 Å². The SMILES string of the molecule is c1ccc(-c2ccc3ccc4ccc(-c5ccccc5-c5nc(-c6ccc7c(c6)sc6ccccc67)c6ccccc6n5)nc4c3n2)cc1. The summed E-state index contributed by atoms with van der Waals surface area (Å²) in [7, 11) is 0. The molecule has 49 heavy (non-hydrogen) atoms. The summed E-state index contributed by atoms with van der Waals surface area (Å²) in [5, 5.41) is 5.70. The Morgan fingerprint density at radius 2 is 1.02 bits per heavy atom. The van der Waals surface area contributed by atoms with Gasteiger partial charge in [0.25, 0.3) is 0 Å². The highest BCUT2D eigenvalue weighted by Crippen LogP contribution is 2.39. The number of nitrogens with zero attached hydrogens (tertiary/aromatic N) is 4. The molecule has 0 fully saturated rings. The minimum atomic E-state index is 0.671. The Balaban J connectivity index is 1.15. The van der Waals surface area contributed by atoms with Gasteiger partial charge in [0.15, 0.2) is 5.82 Å². The topological polar surface area (TPSA) is 51.6 Å². The maximum atomic E-state index is 5.30. The van der Waals surface area contributed by atoms with Gasteiger partial charge in [-0.3, -0.25) is 0 Å². The van der Waals surface area contributed by atoms with Gasteiger partial charge in [0.2, 0.25) is 0 Å². The fourth-order valence-electron chi connectivity index (χ4n) is 6.88. The number of fused-ring (bicyclic) bond motifs is 7. The highest BCUT2D eigenvalue weighted by molar-refractivity contribution is 7.25. The van der Waals surface area contributed by atoms with Crippen molar-refractivity contribution in [3.63, 3.8) is 0 Å². The van der Waals surface area contributed by atoms with Gasteiger partial charge in [-0.05, 0) is 30.3 Å². The van der Waals surface area contributed by atoms with Crippen LogP contribution in [0.1, 0.15) is 0 Å². The fourth-order valence-corrected chi connectivity index (χ4v) is 8.02. The smallest absolute Gasteiger partial charge is 0.161 e. The molecule has 4 nitrogen and oxygen atoms in total. The van der Waals surface area contributed by atoms with Gasteiger partial charge in [0.05, 0.1) is 33.6 Å². The van der Waals surface area contributed by atoms with Crippen LogP contribution in [-0.2, 0) is 0 Å². The maximum absolute atomic E-state index is 5.30. The zero-order valence-electron chi connectivity index (χ0n) is 26.2. The molecule has 228 valence electrons. The predicted molar refractivity (Wildman–Crippen MR) is 205 cm³/mol. The molecule has 0 bridgehead atoms. The molecule has 0 aliphatic heterocycles. The highest BCUT2D eigenvalue weighted by Gasteiger charge is 2.17. The van der Waals surface area contributed by atoms with E-state index in [9.17, 15) is 0 Å². The minimum absolute atomic E-state index is 0.671. The lowest BCUT2D eigenvalue weighted by Gasteiger charge is -2.13. The van der Waals surface area contributed by atoms with Crippen LogP contribution in [-0.4, -0.2) is 19.9 Å². The van der Waals surface area contributed by atoms with Crippen LogP contribution in [0.2, 0.25) is 0 Å². The van der Waals surface area contributed by atoms with E-state index in [0.29, 0.717) is 5.82 Å². The van der Waals surface area contributed by atoms with E-state index in [4.69, 9.17) is 19.9 Å².